The van der Waals surface area contributed by atoms with Crippen LogP contribution in [-0.4, -0.2) is 33.5 Å². The largest absolute Gasteiger partial charge is 0.493 e. The van der Waals surface area contributed by atoms with Gasteiger partial charge in [0.1, 0.15) is 0 Å². The molecule has 0 aliphatic carbocycles. The average Bonchev–Trinajstić information content (AvgIpc) is 2.41. The maximum atomic E-state index is 5.50. The van der Waals surface area contributed by atoms with Crippen molar-refractivity contribution in [2.24, 2.45) is 0 Å². The SMILES string of the molecule is COc1cc(CNCCCOC(C)C)cc(Br)c1OC. The summed E-state index contributed by atoms with van der Waals surface area (Å²) in [5.74, 6) is 1.46. The van der Waals surface area contributed by atoms with E-state index in [1.807, 2.05) is 12.1 Å². The quantitative estimate of drug-likeness (QED) is 0.696. The van der Waals surface area contributed by atoms with E-state index in [1.165, 1.54) is 0 Å². The minimum Gasteiger partial charge on any atom is -0.493 e. The van der Waals surface area contributed by atoms with E-state index < -0.39 is 0 Å². The van der Waals surface area contributed by atoms with Crippen LogP contribution in [0.15, 0.2) is 16.6 Å². The highest BCUT2D eigenvalue weighted by atomic mass is 79.9. The zero-order valence-corrected chi connectivity index (χ0v) is 14.2. The standard InChI is InChI=1S/C15H24BrNO3/c1-11(2)20-7-5-6-17-10-12-8-13(16)15(19-4)14(9-12)18-3/h8-9,11,17H,5-7,10H2,1-4H3. The van der Waals surface area contributed by atoms with E-state index >= 15 is 0 Å². The molecule has 114 valence electrons. The van der Waals surface area contributed by atoms with E-state index in [1.54, 1.807) is 14.2 Å². The molecule has 0 bridgehead atoms. The van der Waals surface area contributed by atoms with Crippen LogP contribution in [0.1, 0.15) is 25.8 Å². The third kappa shape index (κ3) is 5.69. The summed E-state index contributed by atoms with van der Waals surface area (Å²) in [6.45, 7) is 6.61. The molecular formula is C15H24BrNO3. The van der Waals surface area contributed by atoms with Gasteiger partial charge in [0.25, 0.3) is 0 Å². The lowest BCUT2D eigenvalue weighted by Gasteiger charge is -2.12. The van der Waals surface area contributed by atoms with Gasteiger partial charge in [-0.15, -0.1) is 0 Å². The highest BCUT2D eigenvalue weighted by molar-refractivity contribution is 9.10. The Morgan fingerprint density at radius 2 is 1.95 bits per heavy atom. The molecule has 0 atom stereocenters. The summed E-state index contributed by atoms with van der Waals surface area (Å²) in [7, 11) is 3.28. The minimum atomic E-state index is 0.303. The molecule has 1 aromatic carbocycles. The molecule has 0 heterocycles. The van der Waals surface area contributed by atoms with Crippen molar-refractivity contribution in [1.29, 1.82) is 0 Å². The van der Waals surface area contributed by atoms with Gasteiger partial charge >= 0.3 is 0 Å². The molecule has 0 fully saturated rings. The first kappa shape index (κ1) is 17.3. The van der Waals surface area contributed by atoms with Crippen molar-refractivity contribution in [2.45, 2.75) is 32.9 Å². The van der Waals surface area contributed by atoms with Crippen LogP contribution in [0.3, 0.4) is 0 Å². The number of methoxy groups -OCH3 is 2. The van der Waals surface area contributed by atoms with Crippen LogP contribution in [0.2, 0.25) is 0 Å². The Labute approximate surface area is 129 Å². The highest BCUT2D eigenvalue weighted by Gasteiger charge is 2.10. The van der Waals surface area contributed by atoms with E-state index in [4.69, 9.17) is 14.2 Å². The first-order valence-corrected chi connectivity index (χ1v) is 7.60. The summed E-state index contributed by atoms with van der Waals surface area (Å²) in [5, 5.41) is 3.39. The van der Waals surface area contributed by atoms with Gasteiger partial charge in [-0.25, -0.2) is 0 Å². The van der Waals surface area contributed by atoms with Gasteiger partial charge < -0.3 is 19.5 Å². The summed E-state index contributed by atoms with van der Waals surface area (Å²) in [4.78, 5) is 0. The number of hydrogen-bond acceptors (Lipinski definition) is 4. The molecule has 0 saturated heterocycles. The molecule has 1 N–H and O–H groups in total. The van der Waals surface area contributed by atoms with Gasteiger partial charge in [0.15, 0.2) is 11.5 Å². The Hall–Kier alpha value is -0.780. The number of rotatable bonds is 9. The average molecular weight is 346 g/mol. The zero-order chi connectivity index (χ0) is 15.0. The third-order valence-electron chi connectivity index (χ3n) is 2.77. The molecular weight excluding hydrogens is 322 g/mol. The number of nitrogens with one attached hydrogen (secondary N) is 1. The summed E-state index contributed by atoms with van der Waals surface area (Å²) in [5.41, 5.74) is 1.15. The Kier molecular flexibility index (Phi) is 7.95. The summed E-state index contributed by atoms with van der Waals surface area (Å²) >= 11 is 3.50. The second kappa shape index (κ2) is 9.21. The fraction of sp³-hybridized carbons (Fsp3) is 0.600. The first-order chi connectivity index (χ1) is 9.58. The van der Waals surface area contributed by atoms with Crippen molar-refractivity contribution in [3.63, 3.8) is 0 Å². The molecule has 0 aromatic heterocycles. The van der Waals surface area contributed by atoms with Crippen LogP contribution in [0, 0.1) is 0 Å². The van der Waals surface area contributed by atoms with Gasteiger partial charge in [-0.05, 0) is 60.4 Å². The van der Waals surface area contributed by atoms with Gasteiger partial charge in [0.05, 0.1) is 24.8 Å². The third-order valence-corrected chi connectivity index (χ3v) is 3.36. The number of halogens is 1. The van der Waals surface area contributed by atoms with Crippen molar-refractivity contribution in [3.8, 4) is 11.5 Å². The molecule has 4 nitrogen and oxygen atoms in total. The number of hydrogen-bond donors (Lipinski definition) is 1. The maximum absolute atomic E-state index is 5.50. The molecule has 5 heteroatoms. The van der Waals surface area contributed by atoms with Crippen LogP contribution < -0.4 is 14.8 Å². The van der Waals surface area contributed by atoms with Gasteiger partial charge in [-0.3, -0.25) is 0 Å². The Morgan fingerprint density at radius 1 is 1.20 bits per heavy atom. The molecule has 20 heavy (non-hydrogen) atoms. The topological polar surface area (TPSA) is 39.7 Å². The smallest absolute Gasteiger partial charge is 0.174 e. The number of ether oxygens (including phenoxy) is 3. The monoisotopic (exact) mass is 345 g/mol. The van der Waals surface area contributed by atoms with Gasteiger partial charge in [-0.2, -0.15) is 0 Å². The summed E-state index contributed by atoms with van der Waals surface area (Å²) < 4.78 is 17.0. The van der Waals surface area contributed by atoms with Crippen LogP contribution in [0.4, 0.5) is 0 Å². The molecule has 0 aliphatic heterocycles. The van der Waals surface area contributed by atoms with Crippen molar-refractivity contribution in [1.82, 2.24) is 5.32 Å². The molecule has 0 unspecified atom stereocenters. The van der Waals surface area contributed by atoms with Gasteiger partial charge in [0.2, 0.25) is 0 Å². The van der Waals surface area contributed by atoms with E-state index in [-0.39, 0.29) is 0 Å². The lowest BCUT2D eigenvalue weighted by Crippen LogP contribution is -2.17. The van der Waals surface area contributed by atoms with Crippen LogP contribution >= 0.6 is 15.9 Å². The Bertz CT molecular complexity index is 410. The predicted octanol–water partition coefficient (Wildman–Crippen LogP) is 3.37. The Balaban J connectivity index is 2.42. The Morgan fingerprint density at radius 3 is 2.55 bits per heavy atom. The minimum absolute atomic E-state index is 0.303. The van der Waals surface area contributed by atoms with E-state index in [0.717, 1.165) is 47.7 Å². The second-order valence-electron chi connectivity index (χ2n) is 4.76. The van der Waals surface area contributed by atoms with Crippen LogP contribution in [-0.2, 0) is 11.3 Å². The molecule has 0 saturated carbocycles. The number of benzene rings is 1. The molecule has 0 aliphatic rings. The summed E-state index contributed by atoms with van der Waals surface area (Å²) in [6.07, 6.45) is 1.31. The molecule has 1 aromatic rings. The maximum Gasteiger partial charge on any atom is 0.174 e. The van der Waals surface area contributed by atoms with E-state index in [0.29, 0.717) is 6.10 Å². The van der Waals surface area contributed by atoms with Crippen LogP contribution in [0.5, 0.6) is 11.5 Å². The van der Waals surface area contributed by atoms with Crippen molar-refractivity contribution in [3.05, 3.63) is 22.2 Å². The molecule has 1 rings (SSSR count). The summed E-state index contributed by atoms with van der Waals surface area (Å²) in [6, 6.07) is 4.03. The molecule has 0 radical (unpaired) electrons. The molecule has 0 spiro atoms. The van der Waals surface area contributed by atoms with Crippen molar-refractivity contribution < 1.29 is 14.2 Å². The molecule has 0 amide bonds. The highest BCUT2D eigenvalue weighted by Crippen LogP contribution is 2.36. The van der Waals surface area contributed by atoms with Crippen molar-refractivity contribution >= 4 is 15.9 Å². The van der Waals surface area contributed by atoms with E-state index in [2.05, 4.69) is 35.1 Å². The zero-order valence-electron chi connectivity index (χ0n) is 12.7. The first-order valence-electron chi connectivity index (χ1n) is 6.81. The predicted molar refractivity (Wildman–Crippen MR) is 84.7 cm³/mol. The normalized spacial score (nSPS) is 10.9. The fourth-order valence-electron chi connectivity index (χ4n) is 1.82. The fourth-order valence-corrected chi connectivity index (χ4v) is 2.47. The lowest BCUT2D eigenvalue weighted by atomic mass is 10.2. The van der Waals surface area contributed by atoms with Gasteiger partial charge in [-0.1, -0.05) is 0 Å². The second-order valence-corrected chi connectivity index (χ2v) is 5.62. The lowest BCUT2D eigenvalue weighted by molar-refractivity contribution is 0.0770. The van der Waals surface area contributed by atoms with Gasteiger partial charge in [0, 0.05) is 13.2 Å². The van der Waals surface area contributed by atoms with E-state index in [9.17, 15) is 0 Å². The van der Waals surface area contributed by atoms with Crippen molar-refractivity contribution in [2.75, 3.05) is 27.4 Å². The van der Waals surface area contributed by atoms with Crippen LogP contribution in [0.25, 0.3) is 0 Å².